The summed E-state index contributed by atoms with van der Waals surface area (Å²) in [4.78, 5) is 5.69. The fraction of sp³-hybridized carbons (Fsp3) is 0.348. The maximum atomic E-state index is 9.56. The van der Waals surface area contributed by atoms with Crippen molar-refractivity contribution in [3.05, 3.63) is 70.3 Å². The smallest absolute Gasteiger partial charge is 0.190 e. The van der Waals surface area contributed by atoms with Crippen LogP contribution < -0.4 is 4.80 Å². The number of para-hydroxylation sites is 1. The molecule has 1 saturated carbocycles. The van der Waals surface area contributed by atoms with Crippen molar-refractivity contribution in [3.63, 3.8) is 0 Å². The molecule has 1 aliphatic rings. The Balaban J connectivity index is 1.66. The van der Waals surface area contributed by atoms with Gasteiger partial charge >= 0.3 is 0 Å². The second-order valence-electron chi connectivity index (χ2n) is 7.18. The minimum absolute atomic E-state index is 0.103. The van der Waals surface area contributed by atoms with Crippen LogP contribution in [0.5, 0.6) is 0 Å². The number of benzene rings is 2. The molecule has 1 aromatic heterocycles. The van der Waals surface area contributed by atoms with Gasteiger partial charge in [0, 0.05) is 11.9 Å². The van der Waals surface area contributed by atoms with Crippen molar-refractivity contribution in [2.24, 2.45) is 4.99 Å². The van der Waals surface area contributed by atoms with E-state index in [9.17, 15) is 5.11 Å². The lowest BCUT2D eigenvalue weighted by Gasteiger charge is -2.22. The third-order valence-electron chi connectivity index (χ3n) is 5.39. The van der Waals surface area contributed by atoms with Crippen LogP contribution >= 0.6 is 11.3 Å². The summed E-state index contributed by atoms with van der Waals surface area (Å²) in [5, 5.41) is 11.7. The van der Waals surface area contributed by atoms with Crippen molar-refractivity contribution >= 4 is 17.0 Å². The molecule has 27 heavy (non-hydrogen) atoms. The number of rotatable bonds is 5. The van der Waals surface area contributed by atoms with Crippen molar-refractivity contribution < 1.29 is 5.11 Å². The van der Waals surface area contributed by atoms with Crippen molar-refractivity contribution in [1.82, 2.24) is 4.57 Å². The fourth-order valence-electron chi connectivity index (χ4n) is 3.94. The molecule has 2 aromatic carbocycles. The van der Waals surface area contributed by atoms with E-state index in [0.717, 1.165) is 22.1 Å². The van der Waals surface area contributed by atoms with E-state index in [1.807, 2.05) is 30.3 Å². The third-order valence-corrected chi connectivity index (χ3v) is 6.25. The predicted molar refractivity (Wildman–Crippen MR) is 112 cm³/mol. The Morgan fingerprint density at radius 3 is 2.41 bits per heavy atom. The van der Waals surface area contributed by atoms with Crippen LogP contribution in [0.4, 0.5) is 5.69 Å². The number of aromatic nitrogens is 1. The van der Waals surface area contributed by atoms with Gasteiger partial charge in [-0.1, -0.05) is 61.7 Å². The third kappa shape index (κ3) is 4.23. The summed E-state index contributed by atoms with van der Waals surface area (Å²) in [6, 6.07) is 19.0. The summed E-state index contributed by atoms with van der Waals surface area (Å²) in [6.07, 6.45) is 6.75. The van der Waals surface area contributed by atoms with Crippen LogP contribution in [0, 0.1) is 0 Å². The van der Waals surface area contributed by atoms with Gasteiger partial charge in [0.25, 0.3) is 0 Å². The average Bonchev–Trinajstić information content (AvgIpc) is 3.12. The Kier molecular flexibility index (Phi) is 5.85. The summed E-state index contributed by atoms with van der Waals surface area (Å²) >= 11 is 1.62. The van der Waals surface area contributed by atoms with E-state index in [4.69, 9.17) is 4.99 Å². The molecule has 1 fully saturated rings. The lowest BCUT2D eigenvalue weighted by molar-refractivity contribution is 0.275. The fourth-order valence-corrected chi connectivity index (χ4v) is 4.90. The maximum Gasteiger partial charge on any atom is 0.190 e. The first-order chi connectivity index (χ1) is 13.3. The summed E-state index contributed by atoms with van der Waals surface area (Å²) in [5.74, 6) is 0.725. The molecule has 3 nitrogen and oxygen atoms in total. The normalized spacial score (nSPS) is 16.0. The molecule has 0 aliphatic heterocycles. The SMILES string of the molecule is OCCn1c(-c2ccc(C3CCCCC3)cc2)csc1=Nc1ccccc1. The second-order valence-corrected chi connectivity index (χ2v) is 8.02. The van der Waals surface area contributed by atoms with E-state index in [0.29, 0.717) is 6.54 Å². The Morgan fingerprint density at radius 1 is 0.963 bits per heavy atom. The molecule has 0 atom stereocenters. The number of hydrogen-bond donors (Lipinski definition) is 1. The first-order valence-corrected chi connectivity index (χ1v) is 10.7. The molecule has 0 bridgehead atoms. The van der Waals surface area contributed by atoms with E-state index in [1.165, 1.54) is 43.2 Å². The van der Waals surface area contributed by atoms with E-state index >= 15 is 0 Å². The highest BCUT2D eigenvalue weighted by Gasteiger charge is 2.16. The van der Waals surface area contributed by atoms with Crippen LogP contribution in [0.3, 0.4) is 0 Å². The Labute approximate surface area is 164 Å². The molecule has 4 heteroatoms. The van der Waals surface area contributed by atoms with Crippen LogP contribution in [0.15, 0.2) is 65.0 Å². The van der Waals surface area contributed by atoms with Gasteiger partial charge in [-0.2, -0.15) is 0 Å². The largest absolute Gasteiger partial charge is 0.395 e. The van der Waals surface area contributed by atoms with E-state index < -0.39 is 0 Å². The minimum atomic E-state index is 0.103. The number of hydrogen-bond acceptors (Lipinski definition) is 3. The molecule has 4 rings (SSSR count). The highest BCUT2D eigenvalue weighted by molar-refractivity contribution is 7.07. The zero-order valence-corrected chi connectivity index (χ0v) is 16.4. The van der Waals surface area contributed by atoms with Crippen molar-refractivity contribution in [2.75, 3.05) is 6.61 Å². The highest BCUT2D eigenvalue weighted by Crippen LogP contribution is 2.33. The Bertz CT molecular complexity index is 919. The molecule has 140 valence electrons. The zero-order valence-electron chi connectivity index (χ0n) is 15.6. The zero-order chi connectivity index (χ0) is 18.5. The quantitative estimate of drug-likeness (QED) is 0.626. The van der Waals surface area contributed by atoms with Gasteiger partial charge in [-0.3, -0.25) is 0 Å². The first-order valence-electron chi connectivity index (χ1n) is 9.84. The van der Waals surface area contributed by atoms with Crippen molar-refractivity contribution in [1.29, 1.82) is 0 Å². The van der Waals surface area contributed by atoms with E-state index in [2.05, 4.69) is 34.2 Å². The maximum absolute atomic E-state index is 9.56. The number of aliphatic hydroxyl groups excluding tert-OH is 1. The van der Waals surface area contributed by atoms with Gasteiger partial charge in [-0.15, -0.1) is 11.3 Å². The van der Waals surface area contributed by atoms with Gasteiger partial charge in [0.05, 0.1) is 18.0 Å². The van der Waals surface area contributed by atoms with Crippen molar-refractivity contribution in [2.45, 2.75) is 44.6 Å². The van der Waals surface area contributed by atoms with Gasteiger partial charge in [0.2, 0.25) is 0 Å². The second kappa shape index (κ2) is 8.68. The minimum Gasteiger partial charge on any atom is -0.395 e. The molecule has 0 saturated heterocycles. The molecular formula is C23H26N2OS. The topological polar surface area (TPSA) is 37.5 Å². The molecule has 1 heterocycles. The molecule has 1 N–H and O–H groups in total. The summed E-state index contributed by atoms with van der Waals surface area (Å²) in [6.45, 7) is 0.654. The summed E-state index contributed by atoms with van der Waals surface area (Å²) < 4.78 is 2.12. The van der Waals surface area contributed by atoms with Crippen molar-refractivity contribution in [3.8, 4) is 11.3 Å². The Morgan fingerprint density at radius 2 is 1.70 bits per heavy atom. The lowest BCUT2D eigenvalue weighted by Crippen LogP contribution is -2.17. The van der Waals surface area contributed by atoms with Gasteiger partial charge in [0.1, 0.15) is 0 Å². The van der Waals surface area contributed by atoms with Gasteiger partial charge in [-0.05, 0) is 42.0 Å². The van der Waals surface area contributed by atoms with Crippen LogP contribution in [-0.4, -0.2) is 16.3 Å². The first kappa shape index (κ1) is 18.2. The summed E-state index contributed by atoms with van der Waals surface area (Å²) in [5.41, 5.74) is 4.72. The van der Waals surface area contributed by atoms with Crippen LogP contribution in [0.2, 0.25) is 0 Å². The molecular weight excluding hydrogens is 352 g/mol. The van der Waals surface area contributed by atoms with Crippen LogP contribution in [0.25, 0.3) is 11.3 Å². The highest BCUT2D eigenvalue weighted by atomic mass is 32.1. The standard InChI is InChI=1S/C23H26N2OS/c26-16-15-25-22(17-27-23(25)24-21-9-5-2-6-10-21)20-13-11-19(12-14-20)18-7-3-1-4-8-18/h2,5-6,9-14,17-18,26H,1,3-4,7-8,15-16H2. The lowest BCUT2D eigenvalue weighted by atomic mass is 9.84. The molecule has 0 spiro atoms. The monoisotopic (exact) mass is 378 g/mol. The number of aliphatic hydroxyl groups is 1. The van der Waals surface area contributed by atoms with Crippen LogP contribution in [-0.2, 0) is 6.54 Å². The molecule has 0 amide bonds. The van der Waals surface area contributed by atoms with E-state index in [-0.39, 0.29) is 6.61 Å². The average molecular weight is 379 g/mol. The van der Waals surface area contributed by atoms with Gasteiger partial charge in [-0.25, -0.2) is 4.99 Å². The predicted octanol–water partition coefficient (Wildman–Crippen LogP) is 5.49. The number of thiazole rings is 1. The molecule has 3 aromatic rings. The Hall–Kier alpha value is -2.17. The van der Waals surface area contributed by atoms with E-state index in [1.54, 1.807) is 11.3 Å². The molecule has 0 unspecified atom stereocenters. The van der Waals surface area contributed by atoms with Crippen LogP contribution in [0.1, 0.15) is 43.6 Å². The van der Waals surface area contributed by atoms with Gasteiger partial charge < -0.3 is 9.67 Å². The van der Waals surface area contributed by atoms with Gasteiger partial charge in [0.15, 0.2) is 4.80 Å². The summed E-state index contributed by atoms with van der Waals surface area (Å²) in [7, 11) is 0. The molecule has 0 radical (unpaired) electrons. The number of nitrogens with zero attached hydrogens (tertiary/aromatic N) is 2. The molecule has 1 aliphatic carbocycles.